The van der Waals surface area contributed by atoms with E-state index in [2.05, 4.69) is 24.3 Å². The minimum atomic E-state index is -0.598. The van der Waals surface area contributed by atoms with Crippen LogP contribution in [0.3, 0.4) is 0 Å². The molecule has 0 spiro atoms. The van der Waals surface area contributed by atoms with Gasteiger partial charge in [0.15, 0.2) is 0 Å². The Hall–Kier alpha value is -1.33. The van der Waals surface area contributed by atoms with E-state index in [1.165, 1.54) is 6.08 Å². The molecule has 2 N–H and O–H groups in total. The number of hydrogen-bond acceptors (Lipinski definition) is 3. The number of nitrogens with zero attached hydrogens (tertiary/aromatic N) is 2. The molecule has 1 amide bonds. The Morgan fingerprint density at radius 3 is 2.57 bits per heavy atom. The molecule has 0 saturated heterocycles. The topological polar surface area (TPSA) is 67.2 Å². The molecule has 130 valence electrons. The second kappa shape index (κ2) is 7.97. The van der Waals surface area contributed by atoms with E-state index in [-0.39, 0.29) is 17.9 Å². The Bertz CT molecular complexity index is 571. The van der Waals surface area contributed by atoms with Crippen LogP contribution in [-0.4, -0.2) is 33.4 Å². The number of aromatic nitrogens is 2. The van der Waals surface area contributed by atoms with Gasteiger partial charge in [-0.15, -0.1) is 0 Å². The summed E-state index contributed by atoms with van der Waals surface area (Å²) in [6.07, 6.45) is 2.49. The van der Waals surface area contributed by atoms with Gasteiger partial charge in [0.25, 0.3) is 0 Å². The fraction of sp³-hybridized carbons (Fsp3) is 0.647. The van der Waals surface area contributed by atoms with E-state index in [0.29, 0.717) is 11.1 Å². The zero-order valence-corrected chi connectivity index (χ0v) is 15.6. The van der Waals surface area contributed by atoms with Gasteiger partial charge in [0.2, 0.25) is 5.91 Å². The molecule has 0 saturated carbocycles. The summed E-state index contributed by atoms with van der Waals surface area (Å²) in [5.41, 5.74) is 1.27. The van der Waals surface area contributed by atoms with Crippen molar-refractivity contribution in [2.45, 2.75) is 54.2 Å². The van der Waals surface area contributed by atoms with Crippen molar-refractivity contribution in [2.75, 3.05) is 6.54 Å². The molecule has 0 aromatic carbocycles. The molecule has 0 aliphatic heterocycles. The highest BCUT2D eigenvalue weighted by Crippen LogP contribution is 2.22. The van der Waals surface area contributed by atoms with Gasteiger partial charge in [0, 0.05) is 24.7 Å². The first-order valence-corrected chi connectivity index (χ1v) is 8.27. The van der Waals surface area contributed by atoms with Crippen LogP contribution in [0.5, 0.6) is 0 Å². The summed E-state index contributed by atoms with van der Waals surface area (Å²) in [4.78, 5) is 11.9. The molecular formula is C17H28ClN3O2. The normalized spacial score (nSPS) is 13.8. The van der Waals surface area contributed by atoms with Crippen molar-refractivity contribution >= 4 is 23.6 Å². The minimum Gasteiger partial charge on any atom is -0.391 e. The van der Waals surface area contributed by atoms with Crippen LogP contribution in [-0.2, 0) is 11.3 Å². The number of carbonyl (C=O) groups is 1. The third-order valence-electron chi connectivity index (χ3n) is 3.52. The first-order chi connectivity index (χ1) is 10.5. The van der Waals surface area contributed by atoms with E-state index < -0.39 is 6.10 Å². The fourth-order valence-corrected chi connectivity index (χ4v) is 2.25. The summed E-state index contributed by atoms with van der Waals surface area (Å²) in [6.45, 7) is 12.8. The maximum absolute atomic E-state index is 11.9. The molecule has 0 radical (unpaired) electrons. The predicted molar refractivity (Wildman–Crippen MR) is 94.3 cm³/mol. The third-order valence-corrected chi connectivity index (χ3v) is 3.92. The number of carbonyl (C=O) groups excluding carboxylic acids is 1. The van der Waals surface area contributed by atoms with Gasteiger partial charge >= 0.3 is 0 Å². The highest BCUT2D eigenvalue weighted by atomic mass is 35.5. The molecule has 5 nitrogen and oxygen atoms in total. The Labute approximate surface area is 143 Å². The number of aryl methyl sites for hydroxylation is 1. The molecule has 1 aromatic rings. The van der Waals surface area contributed by atoms with Crippen molar-refractivity contribution in [2.24, 2.45) is 11.3 Å². The van der Waals surface area contributed by atoms with Crippen LogP contribution in [0.1, 0.15) is 45.9 Å². The Kier molecular flexibility index (Phi) is 6.84. The molecule has 1 heterocycles. The molecule has 23 heavy (non-hydrogen) atoms. The number of rotatable bonds is 6. The highest BCUT2D eigenvalue weighted by Gasteiger charge is 2.22. The maximum atomic E-state index is 11.9. The van der Waals surface area contributed by atoms with Gasteiger partial charge in [0.1, 0.15) is 5.15 Å². The van der Waals surface area contributed by atoms with Crippen LogP contribution in [0, 0.1) is 18.3 Å². The average molecular weight is 342 g/mol. The fourth-order valence-electron chi connectivity index (χ4n) is 1.94. The van der Waals surface area contributed by atoms with Crippen molar-refractivity contribution in [3.8, 4) is 0 Å². The molecule has 0 aliphatic rings. The lowest BCUT2D eigenvalue weighted by Crippen LogP contribution is -2.38. The van der Waals surface area contributed by atoms with Crippen molar-refractivity contribution in [3.05, 3.63) is 22.5 Å². The van der Waals surface area contributed by atoms with Crippen LogP contribution in [0.15, 0.2) is 6.08 Å². The monoisotopic (exact) mass is 341 g/mol. The Morgan fingerprint density at radius 2 is 2.04 bits per heavy atom. The van der Waals surface area contributed by atoms with Crippen LogP contribution in [0.25, 0.3) is 6.08 Å². The molecule has 6 heteroatoms. The zero-order valence-electron chi connectivity index (χ0n) is 14.9. The van der Waals surface area contributed by atoms with Gasteiger partial charge < -0.3 is 10.4 Å². The summed E-state index contributed by atoms with van der Waals surface area (Å²) in [6, 6.07) is 0. The lowest BCUT2D eigenvalue weighted by atomic mass is 9.89. The molecule has 0 fully saturated rings. The van der Waals surface area contributed by atoms with Crippen molar-refractivity contribution < 1.29 is 9.90 Å². The molecule has 1 atom stereocenters. The smallest absolute Gasteiger partial charge is 0.244 e. The molecule has 1 aromatic heterocycles. The average Bonchev–Trinajstić information content (AvgIpc) is 2.66. The van der Waals surface area contributed by atoms with Gasteiger partial charge in [-0.3, -0.25) is 9.48 Å². The molecule has 1 rings (SSSR count). The lowest BCUT2D eigenvalue weighted by molar-refractivity contribution is -0.117. The largest absolute Gasteiger partial charge is 0.391 e. The van der Waals surface area contributed by atoms with E-state index in [9.17, 15) is 9.90 Å². The lowest BCUT2D eigenvalue weighted by Gasteiger charge is -2.25. The summed E-state index contributed by atoms with van der Waals surface area (Å²) < 4.78 is 1.75. The van der Waals surface area contributed by atoms with Gasteiger partial charge in [0.05, 0.1) is 11.8 Å². The second-order valence-corrected chi connectivity index (χ2v) is 7.68. The molecule has 0 bridgehead atoms. The second-order valence-electron chi connectivity index (χ2n) is 7.33. The standard InChI is InChI=1S/C17H28ClN3O2/c1-11(2)10-21-16(18)13(12(3)20-21)7-8-15(23)19-9-14(22)17(4,5)6/h7-8,11,14,22H,9-10H2,1-6H3,(H,19,23)/b8-7+. The van der Waals surface area contributed by atoms with Gasteiger partial charge in [-0.2, -0.15) is 5.10 Å². The SMILES string of the molecule is Cc1nn(CC(C)C)c(Cl)c1/C=C/C(=O)NCC(O)C(C)(C)C. The van der Waals surface area contributed by atoms with E-state index in [1.54, 1.807) is 10.8 Å². The first-order valence-electron chi connectivity index (χ1n) is 7.89. The Balaban J connectivity index is 2.70. The van der Waals surface area contributed by atoms with Crippen LogP contribution in [0.2, 0.25) is 5.15 Å². The molecule has 0 aliphatic carbocycles. The maximum Gasteiger partial charge on any atom is 0.244 e. The minimum absolute atomic E-state index is 0.214. The number of halogens is 1. The van der Waals surface area contributed by atoms with Crippen LogP contribution >= 0.6 is 11.6 Å². The summed E-state index contributed by atoms with van der Waals surface area (Å²) in [7, 11) is 0. The predicted octanol–water partition coefficient (Wildman–Crippen LogP) is 3.04. The number of aliphatic hydroxyl groups excluding tert-OH is 1. The zero-order chi connectivity index (χ0) is 17.8. The van der Waals surface area contributed by atoms with E-state index in [0.717, 1.165) is 17.8 Å². The number of amides is 1. The van der Waals surface area contributed by atoms with Crippen molar-refractivity contribution in [1.29, 1.82) is 0 Å². The van der Waals surface area contributed by atoms with Crippen molar-refractivity contribution in [3.63, 3.8) is 0 Å². The van der Waals surface area contributed by atoms with Gasteiger partial charge in [-0.25, -0.2) is 0 Å². The quantitative estimate of drug-likeness (QED) is 0.781. The van der Waals surface area contributed by atoms with Crippen LogP contribution < -0.4 is 5.32 Å². The van der Waals surface area contributed by atoms with E-state index >= 15 is 0 Å². The summed E-state index contributed by atoms with van der Waals surface area (Å²) >= 11 is 6.32. The first kappa shape index (κ1) is 19.7. The Morgan fingerprint density at radius 1 is 1.43 bits per heavy atom. The summed E-state index contributed by atoms with van der Waals surface area (Å²) in [5.74, 6) is 0.172. The van der Waals surface area contributed by atoms with E-state index in [4.69, 9.17) is 11.6 Å². The molecular weight excluding hydrogens is 314 g/mol. The number of hydrogen-bond donors (Lipinski definition) is 2. The van der Waals surface area contributed by atoms with E-state index in [1.807, 2.05) is 27.7 Å². The van der Waals surface area contributed by atoms with Crippen molar-refractivity contribution in [1.82, 2.24) is 15.1 Å². The number of nitrogens with one attached hydrogen (secondary N) is 1. The highest BCUT2D eigenvalue weighted by molar-refractivity contribution is 6.31. The number of aliphatic hydroxyl groups is 1. The third kappa shape index (κ3) is 5.99. The summed E-state index contributed by atoms with van der Waals surface area (Å²) in [5, 5.41) is 17.5. The molecule has 1 unspecified atom stereocenters. The van der Waals surface area contributed by atoms with Crippen LogP contribution in [0.4, 0.5) is 0 Å². The van der Waals surface area contributed by atoms with Gasteiger partial charge in [-0.1, -0.05) is 46.2 Å². The van der Waals surface area contributed by atoms with Gasteiger partial charge in [-0.05, 0) is 24.3 Å².